The molecule has 0 radical (unpaired) electrons. The maximum Gasteiger partial charge on any atom is 0.377 e. The molecule has 2 rings (SSSR count). The highest BCUT2D eigenvalue weighted by atomic mass is 35.5. The molecule has 0 saturated carbocycles. The summed E-state index contributed by atoms with van der Waals surface area (Å²) >= 11 is 5.90. The Kier molecular flexibility index (Phi) is 2.40. The molecule has 6 heteroatoms. The first-order valence-corrected chi connectivity index (χ1v) is 4.80. The minimum atomic E-state index is -1.51. The van der Waals surface area contributed by atoms with E-state index in [0.29, 0.717) is 16.2 Å². The van der Waals surface area contributed by atoms with Crippen LogP contribution in [0.1, 0.15) is 16.1 Å². The number of rotatable bonds is 2. The minimum absolute atomic E-state index is 0.0602. The van der Waals surface area contributed by atoms with Crippen LogP contribution in [0.2, 0.25) is 5.02 Å². The molecule has 0 fully saturated rings. The van der Waals surface area contributed by atoms with E-state index in [1.807, 2.05) is 0 Å². The lowest BCUT2D eigenvalue weighted by Gasteiger charge is -1.95. The zero-order valence-electron chi connectivity index (χ0n) is 8.24. The van der Waals surface area contributed by atoms with E-state index in [9.17, 15) is 9.59 Å². The number of aromatic amines is 1. The van der Waals surface area contributed by atoms with Crippen LogP contribution in [0.4, 0.5) is 0 Å². The number of ketones is 1. The summed E-state index contributed by atoms with van der Waals surface area (Å²) in [4.78, 5) is 28.9. The number of hydrogen-bond donors (Lipinski definition) is 2. The maximum absolute atomic E-state index is 11.4. The molecular formula is C10H7ClN2O3. The van der Waals surface area contributed by atoms with Crippen LogP contribution in [0.5, 0.6) is 0 Å². The SMILES string of the molecule is Cc1[nH]c2c(Cl)ccnc2c1C(=O)C(=O)O. The van der Waals surface area contributed by atoms with Crippen molar-refractivity contribution in [1.82, 2.24) is 9.97 Å². The predicted octanol–water partition coefficient (Wildman–Crippen LogP) is 1.79. The highest BCUT2D eigenvalue weighted by Crippen LogP contribution is 2.26. The molecule has 5 nitrogen and oxygen atoms in total. The first-order valence-electron chi connectivity index (χ1n) is 4.42. The van der Waals surface area contributed by atoms with Crippen molar-refractivity contribution < 1.29 is 14.7 Å². The van der Waals surface area contributed by atoms with Crippen LogP contribution >= 0.6 is 11.6 Å². The van der Waals surface area contributed by atoms with Crippen LogP contribution in [0.15, 0.2) is 12.3 Å². The molecule has 0 saturated heterocycles. The second-order valence-corrected chi connectivity index (χ2v) is 3.68. The molecule has 0 aliphatic carbocycles. The molecule has 0 aliphatic heterocycles. The molecule has 2 N–H and O–H groups in total. The topological polar surface area (TPSA) is 83.0 Å². The average Bonchev–Trinajstić information content (AvgIpc) is 2.55. The minimum Gasteiger partial charge on any atom is -0.475 e. The highest BCUT2D eigenvalue weighted by molar-refractivity contribution is 6.43. The van der Waals surface area contributed by atoms with Gasteiger partial charge in [-0.05, 0) is 13.0 Å². The van der Waals surface area contributed by atoms with Crippen molar-refractivity contribution in [3.63, 3.8) is 0 Å². The van der Waals surface area contributed by atoms with Crippen LogP contribution < -0.4 is 0 Å². The second-order valence-electron chi connectivity index (χ2n) is 3.28. The van der Waals surface area contributed by atoms with Gasteiger partial charge >= 0.3 is 5.97 Å². The number of carbonyl (C=O) groups excluding carboxylic acids is 1. The van der Waals surface area contributed by atoms with Crippen molar-refractivity contribution in [2.75, 3.05) is 0 Å². The lowest BCUT2D eigenvalue weighted by atomic mass is 10.1. The van der Waals surface area contributed by atoms with E-state index in [2.05, 4.69) is 9.97 Å². The Hall–Kier alpha value is -1.88. The third kappa shape index (κ3) is 1.45. The average molecular weight is 239 g/mol. The van der Waals surface area contributed by atoms with E-state index in [4.69, 9.17) is 16.7 Å². The molecule has 82 valence electrons. The number of aromatic nitrogens is 2. The lowest BCUT2D eigenvalue weighted by Crippen LogP contribution is -2.13. The van der Waals surface area contributed by atoms with Gasteiger partial charge < -0.3 is 10.1 Å². The summed E-state index contributed by atoms with van der Waals surface area (Å²) in [5.74, 6) is -2.50. The lowest BCUT2D eigenvalue weighted by molar-refractivity contribution is -0.131. The third-order valence-electron chi connectivity index (χ3n) is 2.25. The third-order valence-corrected chi connectivity index (χ3v) is 2.56. The number of pyridine rings is 1. The van der Waals surface area contributed by atoms with E-state index in [-0.39, 0.29) is 11.1 Å². The van der Waals surface area contributed by atoms with Crippen molar-refractivity contribution in [2.24, 2.45) is 0 Å². The first kappa shape index (κ1) is 10.6. The number of aryl methyl sites for hydroxylation is 1. The number of hydrogen-bond acceptors (Lipinski definition) is 3. The van der Waals surface area contributed by atoms with Crippen LogP contribution in [-0.4, -0.2) is 26.8 Å². The van der Waals surface area contributed by atoms with Gasteiger partial charge in [-0.25, -0.2) is 4.79 Å². The van der Waals surface area contributed by atoms with Crippen molar-refractivity contribution in [1.29, 1.82) is 0 Å². The van der Waals surface area contributed by atoms with Gasteiger partial charge in [-0.1, -0.05) is 11.6 Å². The van der Waals surface area contributed by atoms with Crippen molar-refractivity contribution in [2.45, 2.75) is 6.92 Å². The fourth-order valence-corrected chi connectivity index (χ4v) is 1.75. The van der Waals surface area contributed by atoms with Gasteiger partial charge in [0.25, 0.3) is 5.78 Å². The predicted molar refractivity (Wildman–Crippen MR) is 57.8 cm³/mol. The fourth-order valence-electron chi connectivity index (χ4n) is 1.56. The Morgan fingerprint density at radius 3 is 2.81 bits per heavy atom. The number of aliphatic carboxylic acids is 1. The summed E-state index contributed by atoms with van der Waals surface area (Å²) in [5.41, 5.74) is 1.27. The number of halogens is 1. The Labute approximate surface area is 95.1 Å². The quantitative estimate of drug-likeness (QED) is 0.617. The summed E-state index contributed by atoms with van der Waals surface area (Å²) in [6.45, 7) is 1.61. The van der Waals surface area contributed by atoms with Gasteiger partial charge in [0.15, 0.2) is 0 Å². The number of carbonyl (C=O) groups is 2. The van der Waals surface area contributed by atoms with Crippen LogP contribution in [-0.2, 0) is 4.79 Å². The van der Waals surface area contributed by atoms with E-state index >= 15 is 0 Å². The molecule has 0 aromatic carbocycles. The maximum atomic E-state index is 11.4. The molecule has 2 aromatic heterocycles. The molecule has 2 aromatic rings. The number of carboxylic acid groups (broad SMARTS) is 1. The molecule has 0 bridgehead atoms. The molecule has 0 atom stereocenters. The second kappa shape index (κ2) is 3.61. The van der Waals surface area contributed by atoms with Crippen molar-refractivity contribution in [3.8, 4) is 0 Å². The van der Waals surface area contributed by atoms with Gasteiger partial charge in [-0.3, -0.25) is 9.78 Å². The number of Topliss-reactive ketones (excluding diaryl/α,β-unsaturated/α-hetero) is 1. The Morgan fingerprint density at radius 2 is 2.19 bits per heavy atom. The van der Waals surface area contributed by atoms with Crippen LogP contribution in [0, 0.1) is 6.92 Å². The summed E-state index contributed by atoms with van der Waals surface area (Å²) in [5, 5.41) is 9.08. The number of fused-ring (bicyclic) bond motifs is 1. The monoisotopic (exact) mass is 238 g/mol. The molecule has 0 amide bonds. The Balaban J connectivity index is 2.80. The molecule has 0 spiro atoms. The van der Waals surface area contributed by atoms with E-state index < -0.39 is 11.8 Å². The number of nitrogens with one attached hydrogen (secondary N) is 1. The van der Waals surface area contributed by atoms with E-state index in [1.165, 1.54) is 6.20 Å². The number of nitrogens with zero attached hydrogens (tertiary/aromatic N) is 1. The number of carboxylic acids is 1. The van der Waals surface area contributed by atoms with Gasteiger partial charge in [0.2, 0.25) is 0 Å². The summed E-state index contributed by atoms with van der Waals surface area (Å²) in [7, 11) is 0. The smallest absolute Gasteiger partial charge is 0.377 e. The summed E-state index contributed by atoms with van der Waals surface area (Å²) in [6.07, 6.45) is 1.43. The zero-order valence-corrected chi connectivity index (χ0v) is 9.00. The van der Waals surface area contributed by atoms with Crippen LogP contribution in [0.3, 0.4) is 0 Å². The largest absolute Gasteiger partial charge is 0.475 e. The highest BCUT2D eigenvalue weighted by Gasteiger charge is 2.23. The molecule has 0 aliphatic rings. The van der Waals surface area contributed by atoms with Gasteiger partial charge in [0, 0.05) is 11.9 Å². The molecular weight excluding hydrogens is 232 g/mol. The Bertz CT molecular complexity index is 603. The van der Waals surface area contributed by atoms with E-state index in [0.717, 1.165) is 0 Å². The van der Waals surface area contributed by atoms with Crippen LogP contribution in [0.25, 0.3) is 11.0 Å². The van der Waals surface area contributed by atoms with E-state index in [1.54, 1.807) is 13.0 Å². The molecule has 2 heterocycles. The summed E-state index contributed by atoms with van der Waals surface area (Å²) < 4.78 is 0. The fraction of sp³-hybridized carbons (Fsp3) is 0.100. The van der Waals surface area contributed by atoms with Crippen molar-refractivity contribution in [3.05, 3.63) is 28.5 Å². The molecule has 16 heavy (non-hydrogen) atoms. The standard InChI is InChI=1S/C10H7ClN2O3/c1-4-6(9(14)10(15)16)8-7(13-4)5(11)2-3-12-8/h2-3,13H,1H3,(H,15,16). The summed E-state index contributed by atoms with van der Waals surface area (Å²) in [6, 6.07) is 1.56. The number of H-pyrrole nitrogens is 1. The molecule has 0 unspecified atom stereocenters. The van der Waals surface area contributed by atoms with Gasteiger partial charge in [-0.15, -0.1) is 0 Å². The van der Waals surface area contributed by atoms with Gasteiger partial charge in [-0.2, -0.15) is 0 Å². The zero-order chi connectivity index (χ0) is 11.9. The van der Waals surface area contributed by atoms with Crippen molar-refractivity contribution >= 4 is 34.4 Å². The normalized spacial score (nSPS) is 10.6. The van der Waals surface area contributed by atoms with Gasteiger partial charge in [0.05, 0.1) is 16.1 Å². The Morgan fingerprint density at radius 1 is 1.50 bits per heavy atom. The van der Waals surface area contributed by atoms with Gasteiger partial charge in [0.1, 0.15) is 5.52 Å². The first-order chi connectivity index (χ1) is 7.52.